The standard InChI is InChI=1S/C23H24BrN5/c24-18-5-3-6-20(13-18)28-23-17(15-25)16-27-22-8-7-19(14-21(22)23)26-9-4-12-29-10-1-2-11-29/h3,5-8,13-14,16,26H,1-2,4,9-12H2,(H,27,28). The minimum Gasteiger partial charge on any atom is -0.385 e. The van der Waals surface area contributed by atoms with Gasteiger partial charge in [-0.05, 0) is 75.3 Å². The second-order valence-electron chi connectivity index (χ2n) is 7.36. The van der Waals surface area contributed by atoms with Crippen molar-refractivity contribution in [2.24, 2.45) is 0 Å². The van der Waals surface area contributed by atoms with Gasteiger partial charge < -0.3 is 15.5 Å². The molecule has 3 aromatic rings. The van der Waals surface area contributed by atoms with Crippen LogP contribution in [0, 0.1) is 11.3 Å². The highest BCUT2D eigenvalue weighted by molar-refractivity contribution is 9.10. The number of hydrogen-bond acceptors (Lipinski definition) is 5. The Morgan fingerprint density at radius 3 is 2.76 bits per heavy atom. The number of nitrogens with zero attached hydrogens (tertiary/aromatic N) is 3. The lowest BCUT2D eigenvalue weighted by atomic mass is 10.1. The molecule has 1 aliphatic heterocycles. The number of nitrogens with one attached hydrogen (secondary N) is 2. The number of halogens is 1. The van der Waals surface area contributed by atoms with Crippen molar-refractivity contribution in [3.05, 3.63) is 58.7 Å². The van der Waals surface area contributed by atoms with Crippen molar-refractivity contribution >= 4 is 43.9 Å². The molecular weight excluding hydrogens is 426 g/mol. The lowest BCUT2D eigenvalue weighted by Crippen LogP contribution is -2.22. The van der Waals surface area contributed by atoms with Crippen LogP contribution < -0.4 is 10.6 Å². The molecule has 29 heavy (non-hydrogen) atoms. The van der Waals surface area contributed by atoms with Gasteiger partial charge in [0.1, 0.15) is 6.07 Å². The third-order valence-electron chi connectivity index (χ3n) is 5.26. The van der Waals surface area contributed by atoms with Gasteiger partial charge in [0.15, 0.2) is 0 Å². The van der Waals surface area contributed by atoms with E-state index in [2.05, 4.69) is 54.6 Å². The highest BCUT2D eigenvalue weighted by Crippen LogP contribution is 2.31. The first-order valence-electron chi connectivity index (χ1n) is 10.0. The molecule has 6 heteroatoms. The van der Waals surface area contributed by atoms with Crippen molar-refractivity contribution in [2.75, 3.05) is 36.8 Å². The Morgan fingerprint density at radius 2 is 1.97 bits per heavy atom. The normalized spacial score (nSPS) is 14.1. The van der Waals surface area contributed by atoms with Gasteiger partial charge in [-0.25, -0.2) is 0 Å². The Bertz CT molecular complexity index is 1040. The third-order valence-corrected chi connectivity index (χ3v) is 5.75. The summed E-state index contributed by atoms with van der Waals surface area (Å²) in [6.07, 6.45) is 5.42. The van der Waals surface area contributed by atoms with Gasteiger partial charge in [-0.15, -0.1) is 0 Å². The Morgan fingerprint density at radius 1 is 1.10 bits per heavy atom. The first-order valence-corrected chi connectivity index (χ1v) is 10.8. The van der Waals surface area contributed by atoms with E-state index >= 15 is 0 Å². The van der Waals surface area contributed by atoms with Crippen LogP contribution in [-0.2, 0) is 0 Å². The SMILES string of the molecule is N#Cc1cnc2ccc(NCCCN3CCCC3)cc2c1Nc1cccc(Br)c1. The molecule has 1 aromatic heterocycles. The highest BCUT2D eigenvalue weighted by Gasteiger charge is 2.12. The van der Waals surface area contributed by atoms with E-state index < -0.39 is 0 Å². The van der Waals surface area contributed by atoms with Gasteiger partial charge in [0, 0.05) is 34.0 Å². The van der Waals surface area contributed by atoms with E-state index in [1.165, 1.54) is 25.9 Å². The Kier molecular flexibility index (Phi) is 6.28. The number of fused-ring (bicyclic) bond motifs is 1. The molecule has 0 amide bonds. The van der Waals surface area contributed by atoms with E-state index in [1.54, 1.807) is 6.20 Å². The smallest absolute Gasteiger partial charge is 0.103 e. The maximum absolute atomic E-state index is 9.60. The topological polar surface area (TPSA) is 64.0 Å². The predicted molar refractivity (Wildman–Crippen MR) is 123 cm³/mol. The summed E-state index contributed by atoms with van der Waals surface area (Å²) in [6, 6.07) is 16.3. The molecule has 1 fully saturated rings. The summed E-state index contributed by atoms with van der Waals surface area (Å²) < 4.78 is 0.986. The minimum absolute atomic E-state index is 0.531. The van der Waals surface area contributed by atoms with Crippen LogP contribution in [0.15, 0.2) is 53.1 Å². The summed E-state index contributed by atoms with van der Waals surface area (Å²) in [7, 11) is 0. The van der Waals surface area contributed by atoms with E-state index in [9.17, 15) is 5.26 Å². The van der Waals surface area contributed by atoms with Crippen LogP contribution in [0.4, 0.5) is 17.1 Å². The van der Waals surface area contributed by atoms with Crippen LogP contribution in [0.5, 0.6) is 0 Å². The molecule has 1 aliphatic rings. The molecule has 2 aromatic carbocycles. The van der Waals surface area contributed by atoms with E-state index in [4.69, 9.17) is 0 Å². The maximum atomic E-state index is 9.60. The van der Waals surface area contributed by atoms with Gasteiger partial charge in [-0.3, -0.25) is 4.98 Å². The first kappa shape index (κ1) is 19.7. The van der Waals surface area contributed by atoms with Crippen LogP contribution in [-0.4, -0.2) is 36.1 Å². The lowest BCUT2D eigenvalue weighted by Gasteiger charge is -2.15. The van der Waals surface area contributed by atoms with Crippen molar-refractivity contribution < 1.29 is 0 Å². The van der Waals surface area contributed by atoms with E-state index in [1.807, 2.05) is 30.3 Å². The highest BCUT2D eigenvalue weighted by atomic mass is 79.9. The quantitative estimate of drug-likeness (QED) is 0.465. The van der Waals surface area contributed by atoms with Gasteiger partial charge in [-0.1, -0.05) is 22.0 Å². The number of rotatable bonds is 7. The first-order chi connectivity index (χ1) is 14.2. The Balaban J connectivity index is 1.54. The molecule has 0 atom stereocenters. The van der Waals surface area contributed by atoms with Gasteiger partial charge in [0.2, 0.25) is 0 Å². The number of likely N-dealkylation sites (tertiary alicyclic amines) is 1. The number of aromatic nitrogens is 1. The van der Waals surface area contributed by atoms with Crippen molar-refractivity contribution in [2.45, 2.75) is 19.3 Å². The minimum atomic E-state index is 0.531. The fourth-order valence-electron chi connectivity index (χ4n) is 3.77. The summed E-state index contributed by atoms with van der Waals surface area (Å²) in [5.41, 5.74) is 4.16. The van der Waals surface area contributed by atoms with Crippen molar-refractivity contribution in [1.82, 2.24) is 9.88 Å². The number of nitriles is 1. The fraction of sp³-hybridized carbons (Fsp3) is 0.304. The number of hydrogen-bond donors (Lipinski definition) is 2. The molecule has 0 bridgehead atoms. The molecule has 1 saturated heterocycles. The van der Waals surface area contributed by atoms with E-state index in [-0.39, 0.29) is 0 Å². The summed E-state index contributed by atoms with van der Waals surface area (Å²) in [5.74, 6) is 0. The summed E-state index contributed by atoms with van der Waals surface area (Å²) in [4.78, 5) is 6.99. The molecule has 148 valence electrons. The average molecular weight is 450 g/mol. The van der Waals surface area contributed by atoms with Crippen molar-refractivity contribution in [3.8, 4) is 6.07 Å². The van der Waals surface area contributed by atoms with Gasteiger partial charge in [0.05, 0.1) is 16.8 Å². The number of pyridine rings is 1. The zero-order valence-electron chi connectivity index (χ0n) is 16.3. The van der Waals surface area contributed by atoms with Crippen LogP contribution >= 0.6 is 15.9 Å². The molecule has 5 nitrogen and oxygen atoms in total. The predicted octanol–water partition coefficient (Wildman–Crippen LogP) is 5.51. The average Bonchev–Trinajstić information content (AvgIpc) is 3.25. The molecular formula is C23H24BrN5. The second kappa shape index (κ2) is 9.25. The molecule has 4 rings (SSSR count). The summed E-state index contributed by atoms with van der Waals surface area (Å²) in [5, 5.41) is 17.5. The molecule has 0 spiro atoms. The van der Waals surface area contributed by atoms with Crippen LogP contribution in [0.1, 0.15) is 24.8 Å². The molecule has 0 aliphatic carbocycles. The Labute approximate surface area is 179 Å². The molecule has 0 saturated carbocycles. The van der Waals surface area contributed by atoms with Gasteiger partial charge in [-0.2, -0.15) is 5.26 Å². The zero-order valence-corrected chi connectivity index (χ0v) is 17.9. The molecule has 0 unspecified atom stereocenters. The third kappa shape index (κ3) is 4.87. The molecule has 0 radical (unpaired) electrons. The van der Waals surface area contributed by atoms with Gasteiger partial charge >= 0.3 is 0 Å². The molecule has 2 N–H and O–H groups in total. The second-order valence-corrected chi connectivity index (χ2v) is 8.27. The van der Waals surface area contributed by atoms with Crippen molar-refractivity contribution in [1.29, 1.82) is 5.26 Å². The van der Waals surface area contributed by atoms with Gasteiger partial charge in [0.25, 0.3) is 0 Å². The van der Waals surface area contributed by atoms with E-state index in [0.29, 0.717) is 5.56 Å². The number of anilines is 3. The Hall–Kier alpha value is -2.62. The van der Waals surface area contributed by atoms with Crippen LogP contribution in [0.2, 0.25) is 0 Å². The lowest BCUT2D eigenvalue weighted by molar-refractivity contribution is 0.337. The molecule has 2 heterocycles. The number of benzene rings is 2. The summed E-state index contributed by atoms with van der Waals surface area (Å²) in [6.45, 7) is 4.56. The zero-order chi connectivity index (χ0) is 20.1. The van der Waals surface area contributed by atoms with Crippen LogP contribution in [0.25, 0.3) is 10.9 Å². The monoisotopic (exact) mass is 449 g/mol. The summed E-state index contributed by atoms with van der Waals surface area (Å²) >= 11 is 3.50. The fourth-order valence-corrected chi connectivity index (χ4v) is 4.17. The van der Waals surface area contributed by atoms with E-state index in [0.717, 1.165) is 51.9 Å². The van der Waals surface area contributed by atoms with Crippen LogP contribution in [0.3, 0.4) is 0 Å². The maximum Gasteiger partial charge on any atom is 0.103 e. The van der Waals surface area contributed by atoms with Crippen molar-refractivity contribution in [3.63, 3.8) is 0 Å². The largest absolute Gasteiger partial charge is 0.385 e.